The van der Waals surface area contributed by atoms with Crippen LogP contribution in [0, 0.1) is 0 Å². The molecule has 1 unspecified atom stereocenters. The first-order valence-corrected chi connectivity index (χ1v) is 7.76. The van der Waals surface area contributed by atoms with Crippen molar-refractivity contribution in [2.24, 2.45) is 0 Å². The smallest absolute Gasteiger partial charge is 0.308 e. The second-order valence-corrected chi connectivity index (χ2v) is 6.22. The van der Waals surface area contributed by atoms with Crippen molar-refractivity contribution in [3.63, 3.8) is 0 Å². The minimum absolute atomic E-state index is 0.197. The van der Waals surface area contributed by atoms with Crippen molar-refractivity contribution in [2.75, 3.05) is 13.2 Å². The summed E-state index contributed by atoms with van der Waals surface area (Å²) < 4.78 is 23.2. The Kier molecular flexibility index (Phi) is 8.29. The van der Waals surface area contributed by atoms with Crippen LogP contribution in [0.5, 0.6) is 0 Å². The molecule has 4 nitrogen and oxygen atoms in total. The van der Waals surface area contributed by atoms with Gasteiger partial charge >= 0.3 is 7.60 Å². The SMILES string of the molecule is CCCC(NC(C)C)P(=O)(OCC)OCC. The van der Waals surface area contributed by atoms with Crippen molar-refractivity contribution in [2.45, 2.75) is 59.3 Å². The molecular formula is C11H26NO3P. The van der Waals surface area contributed by atoms with Crippen LogP contribution in [0.2, 0.25) is 0 Å². The molecule has 0 aliphatic rings. The molecule has 5 heteroatoms. The molecule has 0 aromatic rings. The monoisotopic (exact) mass is 251 g/mol. The molecule has 1 N–H and O–H groups in total. The van der Waals surface area contributed by atoms with Gasteiger partial charge in [-0.05, 0) is 20.3 Å². The zero-order chi connectivity index (χ0) is 12.6. The first-order valence-electron chi connectivity index (χ1n) is 6.14. The molecule has 0 rings (SSSR count). The molecule has 16 heavy (non-hydrogen) atoms. The molecule has 0 heterocycles. The first-order chi connectivity index (χ1) is 7.50. The first kappa shape index (κ1) is 16.1. The van der Waals surface area contributed by atoms with Crippen LogP contribution in [0.1, 0.15) is 47.5 Å². The number of hydrogen-bond donors (Lipinski definition) is 1. The highest BCUT2D eigenvalue weighted by atomic mass is 31.2. The highest BCUT2D eigenvalue weighted by Crippen LogP contribution is 2.53. The summed E-state index contributed by atoms with van der Waals surface area (Å²) in [6.07, 6.45) is 1.75. The van der Waals surface area contributed by atoms with E-state index in [1.165, 1.54) is 0 Å². The molecule has 0 aromatic heterocycles. The Hall–Kier alpha value is 0.110. The normalized spacial score (nSPS) is 14.4. The molecule has 0 aliphatic carbocycles. The summed E-state index contributed by atoms with van der Waals surface area (Å²) >= 11 is 0. The van der Waals surface area contributed by atoms with E-state index in [-0.39, 0.29) is 11.8 Å². The van der Waals surface area contributed by atoms with E-state index in [1.54, 1.807) is 0 Å². The van der Waals surface area contributed by atoms with Crippen molar-refractivity contribution in [1.29, 1.82) is 0 Å². The Balaban J connectivity index is 4.70. The highest BCUT2D eigenvalue weighted by molar-refractivity contribution is 7.54. The summed E-state index contributed by atoms with van der Waals surface area (Å²) in [5, 5.41) is 3.28. The summed E-state index contributed by atoms with van der Waals surface area (Å²) in [6.45, 7) is 10.6. The fourth-order valence-electron chi connectivity index (χ4n) is 1.57. The molecule has 0 aliphatic heterocycles. The minimum Gasteiger partial charge on any atom is -0.308 e. The number of rotatable bonds is 9. The van der Waals surface area contributed by atoms with E-state index in [0.717, 1.165) is 12.8 Å². The van der Waals surface area contributed by atoms with E-state index in [9.17, 15) is 4.57 Å². The lowest BCUT2D eigenvalue weighted by Crippen LogP contribution is -2.35. The lowest BCUT2D eigenvalue weighted by Gasteiger charge is -2.28. The predicted octanol–water partition coefficient (Wildman–Crippen LogP) is 3.38. The van der Waals surface area contributed by atoms with Gasteiger partial charge in [-0.25, -0.2) is 0 Å². The summed E-state index contributed by atoms with van der Waals surface area (Å²) in [7, 11) is -3.01. The summed E-state index contributed by atoms with van der Waals surface area (Å²) in [5.74, 6) is -0.197. The minimum atomic E-state index is -3.01. The lowest BCUT2D eigenvalue weighted by molar-refractivity contribution is 0.203. The Morgan fingerprint density at radius 3 is 1.94 bits per heavy atom. The lowest BCUT2D eigenvalue weighted by atomic mass is 10.3. The fourth-order valence-corrected chi connectivity index (χ4v) is 3.78. The topological polar surface area (TPSA) is 47.6 Å². The third kappa shape index (κ3) is 5.44. The van der Waals surface area contributed by atoms with E-state index in [1.807, 2.05) is 27.7 Å². The van der Waals surface area contributed by atoms with Gasteiger partial charge in [-0.15, -0.1) is 0 Å². The average molecular weight is 251 g/mol. The van der Waals surface area contributed by atoms with E-state index in [2.05, 4.69) is 12.2 Å². The van der Waals surface area contributed by atoms with Gasteiger partial charge in [0.2, 0.25) is 0 Å². The van der Waals surface area contributed by atoms with Crippen molar-refractivity contribution in [3.8, 4) is 0 Å². The highest BCUT2D eigenvalue weighted by Gasteiger charge is 2.34. The molecule has 0 spiro atoms. The van der Waals surface area contributed by atoms with Crippen LogP contribution < -0.4 is 5.32 Å². The third-order valence-corrected chi connectivity index (χ3v) is 4.49. The van der Waals surface area contributed by atoms with Gasteiger partial charge in [0.1, 0.15) is 5.78 Å². The van der Waals surface area contributed by atoms with Crippen molar-refractivity contribution in [1.82, 2.24) is 5.32 Å². The fraction of sp³-hybridized carbons (Fsp3) is 1.00. The summed E-state index contributed by atoms with van der Waals surface area (Å²) in [5.41, 5.74) is 0. The van der Waals surface area contributed by atoms with Gasteiger partial charge in [0.05, 0.1) is 13.2 Å². The molecule has 0 saturated heterocycles. The zero-order valence-electron chi connectivity index (χ0n) is 11.2. The maximum absolute atomic E-state index is 12.5. The van der Waals surface area contributed by atoms with Crippen LogP contribution in [-0.2, 0) is 13.6 Å². The Morgan fingerprint density at radius 2 is 1.62 bits per heavy atom. The molecule has 98 valence electrons. The van der Waals surface area contributed by atoms with Crippen LogP contribution in [0.25, 0.3) is 0 Å². The second kappa shape index (κ2) is 8.24. The van der Waals surface area contributed by atoms with Gasteiger partial charge in [-0.1, -0.05) is 27.2 Å². The predicted molar refractivity (Wildman–Crippen MR) is 67.8 cm³/mol. The van der Waals surface area contributed by atoms with Gasteiger partial charge in [0.25, 0.3) is 0 Å². The molecule has 0 bridgehead atoms. The van der Waals surface area contributed by atoms with Gasteiger partial charge < -0.3 is 14.4 Å². The van der Waals surface area contributed by atoms with Crippen LogP contribution in [0.15, 0.2) is 0 Å². The van der Waals surface area contributed by atoms with E-state index < -0.39 is 7.60 Å². The molecule has 0 fully saturated rings. The van der Waals surface area contributed by atoms with E-state index >= 15 is 0 Å². The van der Waals surface area contributed by atoms with Gasteiger partial charge in [-0.2, -0.15) is 0 Å². The molecule has 0 radical (unpaired) electrons. The standard InChI is InChI=1S/C11H26NO3P/c1-6-9-11(12-10(4)5)16(13,14-7-2)15-8-3/h10-12H,6-9H2,1-5H3. The van der Waals surface area contributed by atoms with Gasteiger partial charge in [0, 0.05) is 6.04 Å². The number of hydrogen-bond acceptors (Lipinski definition) is 4. The van der Waals surface area contributed by atoms with Crippen LogP contribution >= 0.6 is 7.60 Å². The maximum atomic E-state index is 12.5. The Labute approximate surface area is 99.6 Å². The van der Waals surface area contributed by atoms with Crippen molar-refractivity contribution >= 4 is 7.60 Å². The summed E-state index contributed by atoms with van der Waals surface area (Å²) in [4.78, 5) is 0. The maximum Gasteiger partial charge on any atom is 0.347 e. The quantitative estimate of drug-likeness (QED) is 0.638. The third-order valence-electron chi connectivity index (χ3n) is 2.09. The van der Waals surface area contributed by atoms with Crippen LogP contribution in [0.3, 0.4) is 0 Å². The van der Waals surface area contributed by atoms with Gasteiger partial charge in [-0.3, -0.25) is 4.57 Å². The number of nitrogens with one attached hydrogen (secondary N) is 1. The zero-order valence-corrected chi connectivity index (χ0v) is 12.0. The van der Waals surface area contributed by atoms with Crippen molar-refractivity contribution in [3.05, 3.63) is 0 Å². The molecule has 1 atom stereocenters. The van der Waals surface area contributed by atoms with Crippen LogP contribution in [-0.4, -0.2) is 25.0 Å². The molecular weight excluding hydrogens is 225 g/mol. The summed E-state index contributed by atoms with van der Waals surface area (Å²) in [6, 6.07) is 0.269. The molecule has 0 saturated carbocycles. The van der Waals surface area contributed by atoms with Gasteiger partial charge in [0.15, 0.2) is 0 Å². The Bertz CT molecular complexity index is 211. The van der Waals surface area contributed by atoms with Crippen LogP contribution in [0.4, 0.5) is 0 Å². The Morgan fingerprint density at radius 1 is 1.12 bits per heavy atom. The van der Waals surface area contributed by atoms with E-state index in [4.69, 9.17) is 9.05 Å². The van der Waals surface area contributed by atoms with E-state index in [0.29, 0.717) is 13.2 Å². The van der Waals surface area contributed by atoms with Crippen molar-refractivity contribution < 1.29 is 13.6 Å². The largest absolute Gasteiger partial charge is 0.347 e. The molecule has 0 aromatic carbocycles. The molecule has 0 amide bonds. The second-order valence-electron chi connectivity index (χ2n) is 4.00. The average Bonchev–Trinajstić information content (AvgIpc) is 2.17.